The first kappa shape index (κ1) is 19.6. The summed E-state index contributed by atoms with van der Waals surface area (Å²) in [4.78, 5) is 38.6. The molecule has 0 unspecified atom stereocenters. The maximum Gasteiger partial charge on any atom is 0.291 e. The van der Waals surface area contributed by atoms with Gasteiger partial charge in [-0.05, 0) is 34.5 Å². The maximum absolute atomic E-state index is 13.0. The fraction of sp³-hybridized carbons (Fsp3) is 0.211. The van der Waals surface area contributed by atoms with Gasteiger partial charge in [-0.25, -0.2) is 8.42 Å². The van der Waals surface area contributed by atoms with Crippen LogP contribution in [-0.4, -0.2) is 43.4 Å². The fourth-order valence-electron chi connectivity index (χ4n) is 3.36. The van der Waals surface area contributed by atoms with Gasteiger partial charge in [-0.3, -0.25) is 14.4 Å². The van der Waals surface area contributed by atoms with Gasteiger partial charge >= 0.3 is 0 Å². The number of halogens is 1. The molecule has 2 N–H and O–H groups in total. The highest BCUT2D eigenvalue weighted by atomic mass is 79.9. The minimum Gasteiger partial charge on any atom is -0.444 e. The normalized spacial score (nSPS) is 20.5. The molecular formula is C19H15BrN2O6S. The number of allylic oxidation sites excluding steroid dienone is 2. The second-order valence-electron chi connectivity index (χ2n) is 6.76. The van der Waals surface area contributed by atoms with E-state index in [9.17, 15) is 22.8 Å². The molecule has 0 radical (unpaired) electrons. The zero-order valence-electron chi connectivity index (χ0n) is 14.9. The lowest BCUT2D eigenvalue weighted by molar-refractivity contribution is 0.0899. The number of sulfone groups is 1. The Morgan fingerprint density at radius 3 is 2.24 bits per heavy atom. The van der Waals surface area contributed by atoms with Crippen LogP contribution in [0, 0.1) is 0 Å². The molecule has 8 nitrogen and oxygen atoms in total. The number of furan rings is 1. The molecular weight excluding hydrogens is 464 g/mol. The minimum atomic E-state index is -3.21. The number of rotatable bonds is 4. The van der Waals surface area contributed by atoms with Gasteiger partial charge in [0, 0.05) is 17.2 Å². The van der Waals surface area contributed by atoms with Crippen LogP contribution in [-0.2, 0) is 9.84 Å². The van der Waals surface area contributed by atoms with Crippen molar-refractivity contribution in [3.8, 4) is 0 Å². The molecule has 2 heterocycles. The second kappa shape index (κ2) is 7.27. The monoisotopic (exact) mass is 478 g/mol. The van der Waals surface area contributed by atoms with Crippen molar-refractivity contribution < 1.29 is 27.2 Å². The van der Waals surface area contributed by atoms with Crippen LogP contribution in [0.4, 0.5) is 0 Å². The van der Waals surface area contributed by atoms with Gasteiger partial charge in [-0.15, -0.1) is 0 Å². The van der Waals surface area contributed by atoms with Crippen LogP contribution in [0.25, 0.3) is 0 Å². The summed E-state index contributed by atoms with van der Waals surface area (Å²) in [5, 5.41) is 5.34. The summed E-state index contributed by atoms with van der Waals surface area (Å²) in [6.07, 6.45) is 0.307. The summed E-state index contributed by atoms with van der Waals surface area (Å²) in [5.41, 5.74) is 0.0166. The van der Waals surface area contributed by atoms with E-state index in [4.69, 9.17) is 4.42 Å². The third kappa shape index (κ3) is 3.77. The highest BCUT2D eigenvalue weighted by molar-refractivity contribution is 9.10. The number of carbonyl (C=O) groups is 3. The van der Waals surface area contributed by atoms with Gasteiger partial charge in [0.25, 0.3) is 5.91 Å². The van der Waals surface area contributed by atoms with Crippen molar-refractivity contribution >= 4 is 43.2 Å². The third-order valence-electron chi connectivity index (χ3n) is 4.74. The predicted octanol–water partition coefficient (Wildman–Crippen LogP) is 1.84. The van der Waals surface area contributed by atoms with Crippen LogP contribution < -0.4 is 10.6 Å². The van der Waals surface area contributed by atoms with E-state index in [1.54, 1.807) is 12.1 Å². The van der Waals surface area contributed by atoms with E-state index >= 15 is 0 Å². The second-order valence-corrected chi connectivity index (χ2v) is 9.77. The zero-order chi connectivity index (χ0) is 20.8. The van der Waals surface area contributed by atoms with Crippen molar-refractivity contribution in [1.82, 2.24) is 10.6 Å². The van der Waals surface area contributed by atoms with Gasteiger partial charge in [0.15, 0.2) is 20.3 Å². The van der Waals surface area contributed by atoms with Crippen molar-refractivity contribution in [3.05, 3.63) is 69.3 Å². The van der Waals surface area contributed by atoms with Gasteiger partial charge in [0.1, 0.15) is 11.4 Å². The van der Waals surface area contributed by atoms with Crippen LogP contribution in [0.2, 0.25) is 0 Å². The molecule has 1 fully saturated rings. The molecule has 1 amide bonds. The first-order chi connectivity index (χ1) is 13.7. The van der Waals surface area contributed by atoms with Crippen molar-refractivity contribution in [2.75, 3.05) is 11.5 Å². The van der Waals surface area contributed by atoms with E-state index < -0.39 is 33.4 Å². The molecule has 1 aromatic carbocycles. The highest BCUT2D eigenvalue weighted by Crippen LogP contribution is 2.26. The first-order valence-electron chi connectivity index (χ1n) is 8.71. The van der Waals surface area contributed by atoms with Gasteiger partial charge in [-0.1, -0.05) is 24.3 Å². The van der Waals surface area contributed by atoms with E-state index in [-0.39, 0.29) is 39.8 Å². The number of carbonyl (C=O) groups excluding carboxylic acids is 3. The largest absolute Gasteiger partial charge is 0.444 e. The average molecular weight is 479 g/mol. The molecule has 1 saturated heterocycles. The summed E-state index contributed by atoms with van der Waals surface area (Å²) >= 11 is 3.10. The fourth-order valence-corrected chi connectivity index (χ4v) is 5.34. The number of benzene rings is 1. The smallest absolute Gasteiger partial charge is 0.291 e. The molecule has 0 bridgehead atoms. The molecule has 1 aliphatic carbocycles. The van der Waals surface area contributed by atoms with Crippen molar-refractivity contribution in [1.29, 1.82) is 0 Å². The van der Waals surface area contributed by atoms with Crippen LogP contribution in [0.3, 0.4) is 0 Å². The van der Waals surface area contributed by atoms with Crippen molar-refractivity contribution in [2.45, 2.75) is 12.5 Å². The summed E-state index contributed by atoms with van der Waals surface area (Å²) < 4.78 is 29.1. The average Bonchev–Trinajstić information content (AvgIpc) is 3.27. The van der Waals surface area contributed by atoms with Crippen molar-refractivity contribution in [3.63, 3.8) is 0 Å². The third-order valence-corrected chi connectivity index (χ3v) is 6.93. The molecule has 2 aromatic rings. The lowest BCUT2D eigenvalue weighted by atomic mass is 9.90. The van der Waals surface area contributed by atoms with E-state index in [1.165, 1.54) is 24.3 Å². The first-order valence-corrected chi connectivity index (χ1v) is 11.3. The van der Waals surface area contributed by atoms with Gasteiger partial charge in [-0.2, -0.15) is 0 Å². The molecule has 1 aliphatic heterocycles. The molecule has 0 saturated carbocycles. The minimum absolute atomic E-state index is 0.00121. The van der Waals surface area contributed by atoms with Gasteiger partial charge in [0.2, 0.25) is 11.6 Å². The number of ketones is 2. The molecule has 4 rings (SSSR count). The maximum atomic E-state index is 13.0. The Kier molecular flexibility index (Phi) is 4.91. The Bertz CT molecular complexity index is 1180. The summed E-state index contributed by atoms with van der Waals surface area (Å²) in [6.45, 7) is 0. The zero-order valence-corrected chi connectivity index (χ0v) is 17.3. The van der Waals surface area contributed by atoms with E-state index in [2.05, 4.69) is 26.6 Å². The quantitative estimate of drug-likeness (QED) is 0.686. The van der Waals surface area contributed by atoms with E-state index in [1.807, 2.05) is 0 Å². The standard InChI is InChI=1S/C19H15BrN2O6S/c20-14-6-5-13(28-14)19(25)22-16-15(21-10-7-8-29(26,27)9-10)17(23)11-3-1-2-4-12(11)18(16)24/h1-6,10,21H,7-9H2,(H,22,25)/t10-/m0/s1. The molecule has 150 valence electrons. The number of amides is 1. The molecule has 2 aliphatic rings. The van der Waals surface area contributed by atoms with Crippen LogP contribution in [0.5, 0.6) is 0 Å². The lowest BCUT2D eigenvalue weighted by Gasteiger charge is -2.24. The summed E-state index contributed by atoms with van der Waals surface area (Å²) in [5.74, 6) is -1.93. The predicted molar refractivity (Wildman–Crippen MR) is 106 cm³/mol. The topological polar surface area (TPSA) is 123 Å². The molecule has 1 atom stereocenters. The highest BCUT2D eigenvalue weighted by Gasteiger charge is 2.37. The van der Waals surface area contributed by atoms with Gasteiger partial charge < -0.3 is 15.1 Å². The molecule has 10 heteroatoms. The Hall–Kier alpha value is -2.72. The molecule has 29 heavy (non-hydrogen) atoms. The van der Waals surface area contributed by atoms with Gasteiger partial charge in [0.05, 0.1) is 11.5 Å². The van der Waals surface area contributed by atoms with Crippen LogP contribution in [0.1, 0.15) is 37.7 Å². The van der Waals surface area contributed by atoms with Crippen LogP contribution in [0.15, 0.2) is 56.9 Å². The van der Waals surface area contributed by atoms with E-state index in [0.29, 0.717) is 11.1 Å². The number of Topliss-reactive ketones (excluding diaryl/α,β-unsaturated/α-hetero) is 2. The Morgan fingerprint density at radius 1 is 1.03 bits per heavy atom. The molecule has 0 spiro atoms. The number of hydrogen-bond acceptors (Lipinski definition) is 7. The lowest BCUT2D eigenvalue weighted by Crippen LogP contribution is -2.41. The molecule has 1 aromatic heterocycles. The van der Waals surface area contributed by atoms with Crippen LogP contribution >= 0.6 is 15.9 Å². The summed E-state index contributed by atoms with van der Waals surface area (Å²) in [7, 11) is -3.21. The number of hydrogen-bond donors (Lipinski definition) is 2. The number of nitrogens with one attached hydrogen (secondary N) is 2. The Labute approximate surface area is 174 Å². The van der Waals surface area contributed by atoms with E-state index in [0.717, 1.165) is 0 Å². The Balaban J connectivity index is 1.73. The number of fused-ring (bicyclic) bond motifs is 1. The Morgan fingerprint density at radius 2 is 1.69 bits per heavy atom. The summed E-state index contributed by atoms with van der Waals surface area (Å²) in [6, 6.07) is 8.68. The SMILES string of the molecule is O=C(NC1=C(N[C@H]2CCS(=O)(=O)C2)C(=O)c2ccccc2C1=O)c1ccc(Br)o1. The van der Waals surface area contributed by atoms with Crippen molar-refractivity contribution in [2.24, 2.45) is 0 Å².